The van der Waals surface area contributed by atoms with Gasteiger partial charge in [-0.2, -0.15) is 0 Å². The molecule has 0 bridgehead atoms. The van der Waals surface area contributed by atoms with E-state index in [1.165, 1.54) is 25.7 Å². The SMILES string of the molecule is CCCCCCCOCCOCCOCCOCCOCCOCCOCCOCCC(=O)O. The normalized spacial score (nSPS) is 11.3. The topological polar surface area (TPSA) is 111 Å². The molecule has 204 valence electrons. The third-order valence-corrected chi connectivity index (χ3v) is 4.46. The molecule has 1 N–H and O–H groups in total. The van der Waals surface area contributed by atoms with Gasteiger partial charge in [0.05, 0.1) is 106 Å². The molecule has 0 radical (unpaired) electrons. The van der Waals surface area contributed by atoms with Gasteiger partial charge in [0.2, 0.25) is 0 Å². The van der Waals surface area contributed by atoms with Gasteiger partial charge in [-0.25, -0.2) is 0 Å². The molecule has 0 heterocycles. The van der Waals surface area contributed by atoms with Crippen LogP contribution in [0.3, 0.4) is 0 Å². The fourth-order valence-electron chi connectivity index (χ4n) is 2.61. The van der Waals surface area contributed by atoms with Crippen LogP contribution in [-0.4, -0.2) is 117 Å². The average Bonchev–Trinajstić information content (AvgIpc) is 2.83. The van der Waals surface area contributed by atoms with Crippen molar-refractivity contribution in [3.05, 3.63) is 0 Å². The third kappa shape index (κ3) is 31.1. The summed E-state index contributed by atoms with van der Waals surface area (Å²) in [7, 11) is 0. The molecular formula is C24H48O10. The minimum absolute atomic E-state index is 0.00727. The zero-order valence-corrected chi connectivity index (χ0v) is 21.2. The van der Waals surface area contributed by atoms with Gasteiger partial charge in [-0.3, -0.25) is 4.79 Å². The number of carboxylic acid groups (broad SMARTS) is 1. The fourth-order valence-corrected chi connectivity index (χ4v) is 2.61. The van der Waals surface area contributed by atoms with Crippen LogP contribution in [-0.2, 0) is 42.7 Å². The Bertz CT molecular complexity index is 398. The number of unbranched alkanes of at least 4 members (excludes halogenated alkanes) is 4. The lowest BCUT2D eigenvalue weighted by Crippen LogP contribution is -2.15. The van der Waals surface area contributed by atoms with Gasteiger partial charge in [-0.05, 0) is 6.42 Å². The average molecular weight is 497 g/mol. The van der Waals surface area contributed by atoms with Crippen molar-refractivity contribution < 1.29 is 47.8 Å². The second-order valence-electron chi connectivity index (χ2n) is 7.46. The zero-order valence-electron chi connectivity index (χ0n) is 21.2. The van der Waals surface area contributed by atoms with Crippen LogP contribution in [0.25, 0.3) is 0 Å². The van der Waals surface area contributed by atoms with Crippen molar-refractivity contribution in [2.75, 3.05) is 106 Å². The van der Waals surface area contributed by atoms with E-state index in [1.807, 2.05) is 0 Å². The monoisotopic (exact) mass is 496 g/mol. The van der Waals surface area contributed by atoms with E-state index in [1.54, 1.807) is 0 Å². The predicted molar refractivity (Wildman–Crippen MR) is 128 cm³/mol. The van der Waals surface area contributed by atoms with Crippen molar-refractivity contribution in [2.24, 2.45) is 0 Å². The Hall–Kier alpha value is -0.850. The zero-order chi connectivity index (χ0) is 24.8. The Kier molecular flexibility index (Phi) is 29.4. The van der Waals surface area contributed by atoms with Crippen molar-refractivity contribution in [3.63, 3.8) is 0 Å². The molecule has 10 heteroatoms. The van der Waals surface area contributed by atoms with Gasteiger partial charge in [0.15, 0.2) is 0 Å². The summed E-state index contributed by atoms with van der Waals surface area (Å²) in [6, 6.07) is 0. The first-order valence-corrected chi connectivity index (χ1v) is 12.6. The molecule has 0 aromatic heterocycles. The Labute approximate surface area is 205 Å². The summed E-state index contributed by atoms with van der Waals surface area (Å²) in [6.07, 6.45) is 6.27. The smallest absolute Gasteiger partial charge is 0.305 e. The third-order valence-electron chi connectivity index (χ3n) is 4.46. The predicted octanol–water partition coefficient (Wildman–Crippen LogP) is 2.56. The van der Waals surface area contributed by atoms with Gasteiger partial charge in [0, 0.05) is 6.61 Å². The lowest BCUT2D eigenvalue weighted by molar-refractivity contribution is -0.138. The molecule has 0 atom stereocenters. The molecule has 0 fully saturated rings. The molecule has 0 aromatic rings. The standard InChI is InChI=1S/C24H48O10/c1-2-3-4-5-6-8-27-10-12-29-14-16-31-18-20-33-22-23-34-21-19-32-17-15-30-13-11-28-9-7-24(25)26/h2-23H2,1H3,(H,25,26). The van der Waals surface area contributed by atoms with E-state index in [-0.39, 0.29) is 13.0 Å². The minimum atomic E-state index is -0.866. The molecule has 0 amide bonds. The molecule has 0 aliphatic heterocycles. The number of carbonyl (C=O) groups is 1. The number of hydrogen-bond donors (Lipinski definition) is 1. The molecule has 0 aromatic carbocycles. The van der Waals surface area contributed by atoms with Gasteiger partial charge in [-0.15, -0.1) is 0 Å². The van der Waals surface area contributed by atoms with Crippen LogP contribution in [0.15, 0.2) is 0 Å². The summed E-state index contributed by atoms with van der Waals surface area (Å²) in [5, 5.41) is 8.46. The highest BCUT2D eigenvalue weighted by Crippen LogP contribution is 2.02. The highest BCUT2D eigenvalue weighted by Gasteiger charge is 1.97. The van der Waals surface area contributed by atoms with Crippen molar-refractivity contribution in [2.45, 2.75) is 45.4 Å². The van der Waals surface area contributed by atoms with Crippen LogP contribution in [0.2, 0.25) is 0 Å². The summed E-state index contributed by atoms with van der Waals surface area (Å²) in [5.74, 6) is -0.866. The molecule has 0 rings (SSSR count). The number of carboxylic acids is 1. The second kappa shape index (κ2) is 30.2. The first-order valence-electron chi connectivity index (χ1n) is 12.6. The highest BCUT2D eigenvalue weighted by molar-refractivity contribution is 5.66. The van der Waals surface area contributed by atoms with Crippen molar-refractivity contribution in [1.82, 2.24) is 0 Å². The highest BCUT2D eigenvalue weighted by atomic mass is 16.6. The molecule has 0 spiro atoms. The van der Waals surface area contributed by atoms with Crippen LogP contribution in [0.1, 0.15) is 45.4 Å². The summed E-state index contributed by atoms with van der Waals surface area (Å²) in [4.78, 5) is 10.3. The van der Waals surface area contributed by atoms with Crippen molar-refractivity contribution in [1.29, 1.82) is 0 Å². The van der Waals surface area contributed by atoms with Crippen LogP contribution in [0.4, 0.5) is 0 Å². The Morgan fingerprint density at radius 2 is 0.735 bits per heavy atom. The van der Waals surface area contributed by atoms with Gasteiger partial charge in [0.25, 0.3) is 0 Å². The van der Waals surface area contributed by atoms with E-state index in [2.05, 4.69) is 6.92 Å². The van der Waals surface area contributed by atoms with E-state index in [9.17, 15) is 4.79 Å². The quantitative estimate of drug-likeness (QED) is 0.149. The molecule has 10 nitrogen and oxygen atoms in total. The lowest BCUT2D eigenvalue weighted by Gasteiger charge is -2.08. The van der Waals surface area contributed by atoms with Gasteiger partial charge >= 0.3 is 5.97 Å². The molecule has 0 aliphatic rings. The molecule has 0 saturated heterocycles. The number of hydrogen-bond acceptors (Lipinski definition) is 9. The van der Waals surface area contributed by atoms with Crippen molar-refractivity contribution >= 4 is 5.97 Å². The van der Waals surface area contributed by atoms with Gasteiger partial charge in [0.1, 0.15) is 0 Å². The summed E-state index contributed by atoms with van der Waals surface area (Å²) >= 11 is 0. The Morgan fingerprint density at radius 3 is 1.06 bits per heavy atom. The molecule has 0 unspecified atom stereocenters. The Balaban J connectivity index is 3.01. The number of aliphatic carboxylic acids is 1. The van der Waals surface area contributed by atoms with Crippen LogP contribution in [0.5, 0.6) is 0 Å². The van der Waals surface area contributed by atoms with Crippen molar-refractivity contribution in [3.8, 4) is 0 Å². The maximum absolute atomic E-state index is 10.3. The maximum Gasteiger partial charge on any atom is 0.305 e. The Morgan fingerprint density at radius 1 is 0.441 bits per heavy atom. The summed E-state index contributed by atoms with van der Waals surface area (Å²) in [6.45, 7) is 10.4. The minimum Gasteiger partial charge on any atom is -0.481 e. The first-order chi connectivity index (χ1) is 16.8. The molecule has 34 heavy (non-hydrogen) atoms. The lowest BCUT2D eigenvalue weighted by atomic mass is 10.2. The van der Waals surface area contributed by atoms with Crippen LogP contribution < -0.4 is 0 Å². The summed E-state index contributed by atoms with van der Waals surface area (Å²) in [5.41, 5.74) is 0. The molecular weight excluding hydrogens is 448 g/mol. The van der Waals surface area contributed by atoms with E-state index >= 15 is 0 Å². The summed E-state index contributed by atoms with van der Waals surface area (Å²) < 4.78 is 43.1. The molecule has 0 saturated carbocycles. The number of ether oxygens (including phenoxy) is 8. The van der Waals surface area contributed by atoms with Gasteiger partial charge < -0.3 is 43.0 Å². The van der Waals surface area contributed by atoms with E-state index in [0.29, 0.717) is 92.5 Å². The second-order valence-corrected chi connectivity index (χ2v) is 7.46. The first kappa shape index (κ1) is 33.1. The van der Waals surface area contributed by atoms with E-state index in [4.69, 9.17) is 43.0 Å². The number of rotatable bonds is 30. The van der Waals surface area contributed by atoms with E-state index in [0.717, 1.165) is 13.0 Å². The molecule has 0 aliphatic carbocycles. The van der Waals surface area contributed by atoms with Gasteiger partial charge in [-0.1, -0.05) is 32.6 Å². The largest absolute Gasteiger partial charge is 0.481 e. The fraction of sp³-hybridized carbons (Fsp3) is 0.958. The van der Waals surface area contributed by atoms with Crippen LogP contribution in [0, 0.1) is 0 Å². The maximum atomic E-state index is 10.3. The van der Waals surface area contributed by atoms with Crippen LogP contribution >= 0.6 is 0 Å². The van der Waals surface area contributed by atoms with E-state index < -0.39 is 5.97 Å².